The maximum Gasteiger partial charge on any atom is 0.252 e. The van der Waals surface area contributed by atoms with Crippen LogP contribution in [-0.4, -0.2) is 24.9 Å². The zero-order chi connectivity index (χ0) is 16.8. The molecule has 0 saturated heterocycles. The lowest BCUT2D eigenvalue weighted by Gasteiger charge is -2.09. The number of benzene rings is 2. The first-order valence-corrected chi connectivity index (χ1v) is 8.30. The monoisotopic (exact) mass is 414 g/mol. The van der Waals surface area contributed by atoms with E-state index in [0.717, 1.165) is 4.47 Å². The van der Waals surface area contributed by atoms with Crippen LogP contribution in [0.25, 0.3) is 0 Å². The van der Waals surface area contributed by atoms with E-state index in [1.807, 2.05) is 6.07 Å². The standard InChI is InChI=1S/C16H13BrCl2N2O2/c17-13-4-2-1-3-11(13)15(22)20-7-8-21-16(23)12-6-5-10(18)9-14(12)19/h1-6,9H,7-8H2,(H,20,22)(H,21,23). The van der Waals surface area contributed by atoms with Gasteiger partial charge < -0.3 is 10.6 Å². The third kappa shape index (κ3) is 4.96. The van der Waals surface area contributed by atoms with Crippen molar-refractivity contribution in [2.24, 2.45) is 0 Å². The molecule has 2 aromatic rings. The van der Waals surface area contributed by atoms with E-state index in [2.05, 4.69) is 26.6 Å². The second-order valence-corrected chi connectivity index (χ2v) is 6.31. The summed E-state index contributed by atoms with van der Waals surface area (Å²) in [7, 11) is 0. The molecule has 0 bridgehead atoms. The second-order valence-electron chi connectivity index (χ2n) is 4.62. The number of amides is 2. The fraction of sp³-hybridized carbons (Fsp3) is 0.125. The third-order valence-corrected chi connectivity index (χ3v) is 4.23. The van der Waals surface area contributed by atoms with Crippen LogP contribution in [0, 0.1) is 0 Å². The van der Waals surface area contributed by atoms with Crippen LogP contribution >= 0.6 is 39.1 Å². The summed E-state index contributed by atoms with van der Waals surface area (Å²) in [5.74, 6) is -0.530. The lowest BCUT2D eigenvalue weighted by atomic mass is 10.2. The molecule has 4 nitrogen and oxygen atoms in total. The molecule has 23 heavy (non-hydrogen) atoms. The van der Waals surface area contributed by atoms with Gasteiger partial charge in [0.05, 0.1) is 16.1 Å². The summed E-state index contributed by atoms with van der Waals surface area (Å²) in [6, 6.07) is 11.8. The van der Waals surface area contributed by atoms with E-state index in [1.54, 1.807) is 30.3 Å². The molecule has 2 N–H and O–H groups in total. The quantitative estimate of drug-likeness (QED) is 0.727. The highest BCUT2D eigenvalue weighted by Gasteiger charge is 2.11. The van der Waals surface area contributed by atoms with Crippen LogP contribution in [-0.2, 0) is 0 Å². The second kappa shape index (κ2) is 8.34. The first-order chi connectivity index (χ1) is 11.0. The summed E-state index contributed by atoms with van der Waals surface area (Å²) in [6.45, 7) is 0.588. The van der Waals surface area contributed by atoms with E-state index < -0.39 is 0 Å². The topological polar surface area (TPSA) is 58.2 Å². The summed E-state index contributed by atoms with van der Waals surface area (Å²) in [4.78, 5) is 24.0. The fourth-order valence-corrected chi connectivity index (χ4v) is 2.82. The molecule has 0 heterocycles. The molecule has 0 aliphatic carbocycles. The molecule has 0 aliphatic rings. The Morgan fingerprint density at radius 1 is 0.913 bits per heavy atom. The van der Waals surface area contributed by atoms with Crippen LogP contribution in [0.15, 0.2) is 46.9 Å². The highest BCUT2D eigenvalue weighted by molar-refractivity contribution is 9.10. The van der Waals surface area contributed by atoms with Crippen molar-refractivity contribution >= 4 is 50.9 Å². The molecule has 0 radical (unpaired) electrons. The zero-order valence-electron chi connectivity index (χ0n) is 11.9. The molecule has 0 saturated carbocycles. The molecule has 2 rings (SSSR count). The van der Waals surface area contributed by atoms with Crippen LogP contribution in [0.1, 0.15) is 20.7 Å². The number of rotatable bonds is 5. The predicted octanol–water partition coefficient (Wildman–Crippen LogP) is 3.92. The van der Waals surface area contributed by atoms with Crippen molar-refractivity contribution in [3.63, 3.8) is 0 Å². The highest BCUT2D eigenvalue weighted by Crippen LogP contribution is 2.20. The van der Waals surface area contributed by atoms with Gasteiger partial charge in [-0.05, 0) is 46.3 Å². The molecule has 0 unspecified atom stereocenters. The Hall–Kier alpha value is -1.56. The summed E-state index contributed by atoms with van der Waals surface area (Å²) in [5, 5.41) is 6.17. The Morgan fingerprint density at radius 2 is 1.52 bits per heavy atom. The smallest absolute Gasteiger partial charge is 0.252 e. The van der Waals surface area contributed by atoms with E-state index in [4.69, 9.17) is 23.2 Å². The molecule has 0 fully saturated rings. The van der Waals surface area contributed by atoms with Crippen molar-refractivity contribution in [2.75, 3.05) is 13.1 Å². The Morgan fingerprint density at radius 3 is 2.13 bits per heavy atom. The average molecular weight is 416 g/mol. The van der Waals surface area contributed by atoms with Gasteiger partial charge in [0.25, 0.3) is 11.8 Å². The third-order valence-electron chi connectivity index (χ3n) is 2.99. The van der Waals surface area contributed by atoms with Gasteiger partial charge in [-0.25, -0.2) is 0 Å². The van der Waals surface area contributed by atoms with Crippen molar-refractivity contribution in [3.8, 4) is 0 Å². The normalized spacial score (nSPS) is 10.2. The largest absolute Gasteiger partial charge is 0.350 e. The van der Waals surface area contributed by atoms with Crippen LogP contribution in [0.2, 0.25) is 10.0 Å². The van der Waals surface area contributed by atoms with Gasteiger partial charge in [-0.1, -0.05) is 35.3 Å². The fourth-order valence-electron chi connectivity index (χ4n) is 1.86. The van der Waals surface area contributed by atoms with E-state index in [-0.39, 0.29) is 23.4 Å². The van der Waals surface area contributed by atoms with Crippen molar-refractivity contribution in [3.05, 3.63) is 68.1 Å². The molecule has 0 aliphatic heterocycles. The predicted molar refractivity (Wildman–Crippen MR) is 95.3 cm³/mol. The molecule has 120 valence electrons. The van der Waals surface area contributed by atoms with Gasteiger partial charge in [-0.2, -0.15) is 0 Å². The Kier molecular flexibility index (Phi) is 6.45. The number of halogens is 3. The number of nitrogens with one attached hydrogen (secondary N) is 2. The molecule has 7 heteroatoms. The molecule has 0 atom stereocenters. The minimum absolute atomic E-state index is 0.212. The molecule has 2 amide bonds. The number of hydrogen-bond donors (Lipinski definition) is 2. The summed E-state index contributed by atoms with van der Waals surface area (Å²) in [5.41, 5.74) is 0.882. The Labute approximate surface area is 152 Å². The molecule has 2 aromatic carbocycles. The number of carbonyl (C=O) groups excluding carboxylic acids is 2. The van der Waals surface area contributed by atoms with E-state index >= 15 is 0 Å². The maximum absolute atomic E-state index is 12.0. The molecule has 0 spiro atoms. The average Bonchev–Trinajstić information content (AvgIpc) is 2.51. The van der Waals surface area contributed by atoms with Crippen molar-refractivity contribution < 1.29 is 9.59 Å². The van der Waals surface area contributed by atoms with Gasteiger partial charge in [0, 0.05) is 22.6 Å². The van der Waals surface area contributed by atoms with E-state index in [9.17, 15) is 9.59 Å². The first kappa shape index (κ1) is 17.8. The lowest BCUT2D eigenvalue weighted by Crippen LogP contribution is -2.34. The van der Waals surface area contributed by atoms with Gasteiger partial charge >= 0.3 is 0 Å². The molecular formula is C16H13BrCl2N2O2. The van der Waals surface area contributed by atoms with Crippen LogP contribution in [0.4, 0.5) is 0 Å². The van der Waals surface area contributed by atoms with Gasteiger partial charge in [0.2, 0.25) is 0 Å². The first-order valence-electron chi connectivity index (χ1n) is 6.75. The Balaban J connectivity index is 1.82. The summed E-state index contributed by atoms with van der Waals surface area (Å²) >= 11 is 15.1. The SMILES string of the molecule is O=C(NCCNC(=O)c1ccccc1Br)c1ccc(Cl)cc1Cl. The maximum atomic E-state index is 12.0. The zero-order valence-corrected chi connectivity index (χ0v) is 15.0. The van der Waals surface area contributed by atoms with Gasteiger partial charge in [0.1, 0.15) is 0 Å². The minimum Gasteiger partial charge on any atom is -0.350 e. The number of hydrogen-bond acceptors (Lipinski definition) is 2. The van der Waals surface area contributed by atoms with E-state index in [0.29, 0.717) is 22.7 Å². The molecule has 0 aromatic heterocycles. The van der Waals surface area contributed by atoms with Crippen LogP contribution in [0.5, 0.6) is 0 Å². The molecular weight excluding hydrogens is 403 g/mol. The van der Waals surface area contributed by atoms with Gasteiger partial charge in [-0.3, -0.25) is 9.59 Å². The number of carbonyl (C=O) groups is 2. The minimum atomic E-state index is -0.318. The Bertz CT molecular complexity index is 738. The van der Waals surface area contributed by atoms with Crippen molar-refractivity contribution in [2.45, 2.75) is 0 Å². The van der Waals surface area contributed by atoms with E-state index in [1.165, 1.54) is 6.07 Å². The van der Waals surface area contributed by atoms with Gasteiger partial charge in [-0.15, -0.1) is 0 Å². The van der Waals surface area contributed by atoms with Crippen molar-refractivity contribution in [1.82, 2.24) is 10.6 Å². The summed E-state index contributed by atoms with van der Waals surface area (Å²) in [6.07, 6.45) is 0. The lowest BCUT2D eigenvalue weighted by molar-refractivity contribution is 0.0927. The van der Waals surface area contributed by atoms with Gasteiger partial charge in [0.15, 0.2) is 0 Å². The summed E-state index contributed by atoms with van der Waals surface area (Å²) < 4.78 is 0.717. The highest BCUT2D eigenvalue weighted by atomic mass is 79.9. The van der Waals surface area contributed by atoms with Crippen LogP contribution < -0.4 is 10.6 Å². The van der Waals surface area contributed by atoms with Crippen molar-refractivity contribution in [1.29, 1.82) is 0 Å². The van der Waals surface area contributed by atoms with Crippen LogP contribution in [0.3, 0.4) is 0 Å².